The van der Waals surface area contributed by atoms with E-state index in [9.17, 15) is 4.79 Å². The molecule has 1 saturated carbocycles. The van der Waals surface area contributed by atoms with Gasteiger partial charge in [0.1, 0.15) is 6.10 Å². The summed E-state index contributed by atoms with van der Waals surface area (Å²) < 4.78 is 5.86. The summed E-state index contributed by atoms with van der Waals surface area (Å²) in [5.74, 6) is 0.374. The first-order valence-electron chi connectivity index (χ1n) is 8.05. The third kappa shape index (κ3) is 5.00. The van der Waals surface area contributed by atoms with E-state index in [2.05, 4.69) is 10.3 Å². The minimum absolute atomic E-state index is 0.0941. The lowest BCUT2D eigenvalue weighted by Crippen LogP contribution is -2.39. The lowest BCUT2D eigenvalue weighted by Gasteiger charge is -2.29. The molecule has 2 aromatic rings. The maximum Gasteiger partial charge on any atom is 0.253 e. The Kier molecular flexibility index (Phi) is 6.05. The van der Waals surface area contributed by atoms with Crippen LogP contribution in [0.15, 0.2) is 36.5 Å². The van der Waals surface area contributed by atoms with Gasteiger partial charge in [0.15, 0.2) is 0 Å². The van der Waals surface area contributed by atoms with Crippen LogP contribution in [0.1, 0.15) is 36.0 Å². The molecule has 1 aliphatic rings. The third-order valence-electron chi connectivity index (χ3n) is 4.17. The first-order chi connectivity index (χ1) is 12.0. The number of amides is 1. The molecule has 0 spiro atoms. The number of aromatic nitrogens is 1. The molecule has 1 amide bonds. The van der Waals surface area contributed by atoms with Gasteiger partial charge in [-0.05, 0) is 49.9 Å². The highest BCUT2D eigenvalue weighted by Gasteiger charge is 2.24. The number of nitrogens with zero attached hydrogens (tertiary/aromatic N) is 1. The Bertz CT molecular complexity index is 744. The molecule has 1 fully saturated rings. The fraction of sp³-hybridized carbons (Fsp3) is 0.333. The van der Waals surface area contributed by atoms with E-state index in [1.807, 2.05) is 0 Å². The van der Waals surface area contributed by atoms with E-state index in [1.165, 1.54) is 0 Å². The number of benzene rings is 1. The summed E-state index contributed by atoms with van der Waals surface area (Å²) in [6.45, 7) is 0. The normalized spacial score (nSPS) is 20.1. The van der Waals surface area contributed by atoms with Crippen molar-refractivity contribution in [3.63, 3.8) is 0 Å². The van der Waals surface area contributed by atoms with Gasteiger partial charge in [0.05, 0.1) is 15.6 Å². The number of rotatable bonds is 4. The number of ether oxygens (including phenoxy) is 1. The third-order valence-corrected chi connectivity index (χ3v) is 4.96. The van der Waals surface area contributed by atoms with Gasteiger partial charge in [-0.25, -0.2) is 4.98 Å². The summed E-state index contributed by atoms with van der Waals surface area (Å²) in [5, 5.41) is 4.49. The first-order valence-corrected chi connectivity index (χ1v) is 9.19. The average Bonchev–Trinajstić information content (AvgIpc) is 2.60. The second-order valence-electron chi connectivity index (χ2n) is 6.00. The highest BCUT2D eigenvalue weighted by molar-refractivity contribution is 6.35. The number of halogens is 3. The van der Waals surface area contributed by atoms with Gasteiger partial charge in [0.25, 0.3) is 5.91 Å². The van der Waals surface area contributed by atoms with Crippen molar-refractivity contribution in [3.8, 4) is 5.88 Å². The van der Waals surface area contributed by atoms with E-state index in [0.717, 1.165) is 25.7 Å². The Hall–Kier alpha value is -1.49. The van der Waals surface area contributed by atoms with Crippen LogP contribution in [-0.2, 0) is 0 Å². The Balaban J connectivity index is 1.51. The van der Waals surface area contributed by atoms with Crippen molar-refractivity contribution >= 4 is 40.7 Å². The number of carbonyl (C=O) groups is 1. The second-order valence-corrected chi connectivity index (χ2v) is 7.28. The largest absolute Gasteiger partial charge is 0.474 e. The quantitative estimate of drug-likeness (QED) is 0.772. The molecule has 25 heavy (non-hydrogen) atoms. The van der Waals surface area contributed by atoms with Gasteiger partial charge < -0.3 is 10.1 Å². The van der Waals surface area contributed by atoms with E-state index in [4.69, 9.17) is 39.5 Å². The van der Waals surface area contributed by atoms with E-state index in [-0.39, 0.29) is 18.1 Å². The van der Waals surface area contributed by atoms with Crippen LogP contribution in [0.5, 0.6) is 5.88 Å². The van der Waals surface area contributed by atoms with Crippen LogP contribution >= 0.6 is 34.8 Å². The predicted octanol–water partition coefficient (Wildman–Crippen LogP) is 5.16. The molecule has 0 bridgehead atoms. The minimum Gasteiger partial charge on any atom is -0.474 e. The molecule has 1 aliphatic carbocycles. The van der Waals surface area contributed by atoms with Gasteiger partial charge in [-0.3, -0.25) is 4.79 Å². The first kappa shape index (κ1) is 18.3. The van der Waals surface area contributed by atoms with E-state index >= 15 is 0 Å². The van der Waals surface area contributed by atoms with Crippen LogP contribution in [0.2, 0.25) is 15.1 Å². The second kappa shape index (κ2) is 8.26. The summed E-state index contributed by atoms with van der Waals surface area (Å²) in [7, 11) is 0. The Labute approximate surface area is 161 Å². The van der Waals surface area contributed by atoms with Crippen LogP contribution < -0.4 is 10.1 Å². The molecule has 3 rings (SSSR count). The maximum atomic E-state index is 12.4. The standard InChI is InChI=1S/C18H17Cl3N2O2/c19-11-1-7-16(21)15(9-11)18(24)23-13-3-5-14(6-4-13)25-17-8-2-12(20)10-22-17/h1-2,7-10,13-14H,3-6H2,(H,23,24). The van der Waals surface area contributed by atoms with Crippen molar-refractivity contribution in [2.24, 2.45) is 0 Å². The smallest absolute Gasteiger partial charge is 0.253 e. The molecule has 1 aromatic carbocycles. The molecule has 1 heterocycles. The molecular formula is C18H17Cl3N2O2. The van der Waals surface area contributed by atoms with E-state index < -0.39 is 0 Å². The number of hydrogen-bond acceptors (Lipinski definition) is 3. The number of carbonyl (C=O) groups excluding carboxylic acids is 1. The fourth-order valence-corrected chi connectivity index (χ4v) is 3.35. The van der Waals surface area contributed by atoms with Crippen molar-refractivity contribution in [2.45, 2.75) is 37.8 Å². The van der Waals surface area contributed by atoms with E-state index in [1.54, 1.807) is 36.5 Å². The van der Waals surface area contributed by atoms with Crippen LogP contribution in [0.25, 0.3) is 0 Å². The van der Waals surface area contributed by atoms with Crippen molar-refractivity contribution < 1.29 is 9.53 Å². The van der Waals surface area contributed by atoms with Crippen molar-refractivity contribution in [1.29, 1.82) is 0 Å². The highest BCUT2D eigenvalue weighted by atomic mass is 35.5. The SMILES string of the molecule is O=C(NC1CCC(Oc2ccc(Cl)cn2)CC1)c1cc(Cl)ccc1Cl. The highest BCUT2D eigenvalue weighted by Crippen LogP contribution is 2.25. The zero-order valence-corrected chi connectivity index (χ0v) is 15.6. The summed E-state index contributed by atoms with van der Waals surface area (Å²) in [6.07, 6.45) is 5.02. The lowest BCUT2D eigenvalue weighted by molar-refractivity contribution is 0.0890. The predicted molar refractivity (Wildman–Crippen MR) is 99.8 cm³/mol. The molecule has 1 N–H and O–H groups in total. The summed E-state index contributed by atoms with van der Waals surface area (Å²) in [6, 6.07) is 8.49. The van der Waals surface area contributed by atoms with Crippen LogP contribution in [-0.4, -0.2) is 23.0 Å². The monoisotopic (exact) mass is 398 g/mol. The topological polar surface area (TPSA) is 51.2 Å². The maximum absolute atomic E-state index is 12.4. The van der Waals surface area contributed by atoms with Crippen LogP contribution in [0.3, 0.4) is 0 Å². The molecule has 1 aromatic heterocycles. The van der Waals surface area contributed by atoms with Crippen LogP contribution in [0, 0.1) is 0 Å². The molecule has 4 nitrogen and oxygen atoms in total. The minimum atomic E-state index is -0.198. The van der Waals surface area contributed by atoms with Gasteiger partial charge in [-0.15, -0.1) is 0 Å². The number of nitrogens with one attached hydrogen (secondary N) is 1. The van der Waals surface area contributed by atoms with Gasteiger partial charge >= 0.3 is 0 Å². The summed E-state index contributed by atoms with van der Waals surface area (Å²) in [5.41, 5.74) is 0.401. The molecule has 7 heteroatoms. The van der Waals surface area contributed by atoms with Crippen LogP contribution in [0.4, 0.5) is 0 Å². The Morgan fingerprint density at radius 3 is 2.44 bits per heavy atom. The summed E-state index contributed by atoms with van der Waals surface area (Å²) in [4.78, 5) is 16.5. The van der Waals surface area contributed by atoms with Gasteiger partial charge in [0.2, 0.25) is 5.88 Å². The van der Waals surface area contributed by atoms with Gasteiger partial charge in [0, 0.05) is 23.3 Å². The summed E-state index contributed by atoms with van der Waals surface area (Å²) >= 11 is 17.8. The molecule has 0 unspecified atom stereocenters. The molecule has 0 saturated heterocycles. The zero-order valence-electron chi connectivity index (χ0n) is 13.3. The zero-order chi connectivity index (χ0) is 17.8. The Morgan fingerprint density at radius 1 is 1.04 bits per heavy atom. The molecular weight excluding hydrogens is 383 g/mol. The number of pyridine rings is 1. The molecule has 0 atom stereocenters. The average molecular weight is 400 g/mol. The number of hydrogen-bond donors (Lipinski definition) is 1. The molecule has 0 radical (unpaired) electrons. The van der Waals surface area contributed by atoms with Crippen molar-refractivity contribution in [1.82, 2.24) is 10.3 Å². The van der Waals surface area contributed by atoms with Gasteiger partial charge in [-0.1, -0.05) is 34.8 Å². The van der Waals surface area contributed by atoms with Crippen molar-refractivity contribution in [3.05, 3.63) is 57.2 Å². The van der Waals surface area contributed by atoms with E-state index in [0.29, 0.717) is 26.5 Å². The molecule has 132 valence electrons. The van der Waals surface area contributed by atoms with Gasteiger partial charge in [-0.2, -0.15) is 0 Å². The lowest BCUT2D eigenvalue weighted by atomic mass is 9.92. The fourth-order valence-electron chi connectivity index (χ4n) is 2.86. The van der Waals surface area contributed by atoms with Crippen molar-refractivity contribution in [2.75, 3.05) is 0 Å². The molecule has 0 aliphatic heterocycles. The Morgan fingerprint density at radius 2 is 1.76 bits per heavy atom.